The highest BCUT2D eigenvalue weighted by Gasteiger charge is 2.29. The van der Waals surface area contributed by atoms with Crippen LogP contribution >= 0.6 is 0 Å². The van der Waals surface area contributed by atoms with Crippen LogP contribution in [-0.4, -0.2) is 97.1 Å². The molecule has 2 unspecified atom stereocenters. The minimum Gasteiger partial charge on any atom is -0.372 e. The Labute approximate surface area is 144 Å². The van der Waals surface area contributed by atoms with Crippen LogP contribution in [0.5, 0.6) is 0 Å². The first-order valence-electron chi connectivity index (χ1n) is 9.17. The summed E-state index contributed by atoms with van der Waals surface area (Å²) >= 11 is 0. The lowest BCUT2D eigenvalue weighted by atomic mass is 10.2. The van der Waals surface area contributed by atoms with E-state index in [0.717, 1.165) is 39.0 Å². The van der Waals surface area contributed by atoms with E-state index in [1.54, 1.807) is 0 Å². The van der Waals surface area contributed by atoms with Crippen molar-refractivity contribution in [2.75, 3.05) is 52.4 Å². The van der Waals surface area contributed by atoms with E-state index in [9.17, 15) is 9.59 Å². The van der Waals surface area contributed by atoms with Gasteiger partial charge in [0.25, 0.3) is 0 Å². The third-order valence-corrected chi connectivity index (χ3v) is 4.91. The van der Waals surface area contributed by atoms with Crippen LogP contribution in [0.3, 0.4) is 0 Å². The van der Waals surface area contributed by atoms with Crippen LogP contribution in [0.25, 0.3) is 0 Å². The van der Waals surface area contributed by atoms with Crippen LogP contribution in [-0.2, 0) is 14.3 Å². The average Bonchev–Trinajstić information content (AvgIpc) is 3.32. The van der Waals surface area contributed by atoms with Crippen LogP contribution in [0.15, 0.2) is 0 Å². The lowest BCUT2D eigenvalue weighted by molar-refractivity contribution is -0.144. The van der Waals surface area contributed by atoms with Gasteiger partial charge in [-0.2, -0.15) is 0 Å². The molecule has 1 N–H and O–H groups in total. The SMILES string of the molecule is CC1CN(C(=O)CN2CCN(CC(=O)NC3CC3)CC2)CC(C)O1. The van der Waals surface area contributed by atoms with Crippen molar-refractivity contribution in [1.82, 2.24) is 20.0 Å². The average molecular weight is 338 g/mol. The van der Waals surface area contributed by atoms with Crippen molar-refractivity contribution in [2.24, 2.45) is 0 Å². The number of nitrogens with one attached hydrogen (secondary N) is 1. The van der Waals surface area contributed by atoms with E-state index in [0.29, 0.717) is 32.2 Å². The van der Waals surface area contributed by atoms with Gasteiger partial charge in [-0.25, -0.2) is 0 Å². The lowest BCUT2D eigenvalue weighted by Crippen LogP contribution is -2.54. The Bertz CT molecular complexity index is 451. The Kier molecular flexibility index (Phi) is 5.73. The van der Waals surface area contributed by atoms with E-state index in [1.165, 1.54) is 0 Å². The minimum absolute atomic E-state index is 0.111. The van der Waals surface area contributed by atoms with Gasteiger partial charge in [0, 0.05) is 45.3 Å². The highest BCUT2D eigenvalue weighted by atomic mass is 16.5. The number of amides is 2. The molecule has 0 bridgehead atoms. The smallest absolute Gasteiger partial charge is 0.236 e. The second kappa shape index (κ2) is 7.80. The first-order chi connectivity index (χ1) is 11.5. The molecule has 2 aliphatic heterocycles. The fourth-order valence-corrected chi connectivity index (χ4v) is 3.48. The third-order valence-electron chi connectivity index (χ3n) is 4.91. The minimum atomic E-state index is 0.111. The Balaban J connectivity index is 1.36. The molecule has 24 heavy (non-hydrogen) atoms. The molecular weight excluding hydrogens is 308 g/mol. The first kappa shape index (κ1) is 17.6. The van der Waals surface area contributed by atoms with E-state index >= 15 is 0 Å². The molecule has 1 saturated carbocycles. The number of hydrogen-bond acceptors (Lipinski definition) is 5. The van der Waals surface area contributed by atoms with Crippen LogP contribution in [0, 0.1) is 0 Å². The van der Waals surface area contributed by atoms with Crippen molar-refractivity contribution in [3.05, 3.63) is 0 Å². The largest absolute Gasteiger partial charge is 0.372 e. The molecular formula is C17H30N4O3. The number of ether oxygens (including phenoxy) is 1. The van der Waals surface area contributed by atoms with Gasteiger partial charge in [-0.15, -0.1) is 0 Å². The van der Waals surface area contributed by atoms with Crippen molar-refractivity contribution >= 4 is 11.8 Å². The molecule has 3 aliphatic rings. The number of carbonyl (C=O) groups excluding carboxylic acids is 2. The number of piperazine rings is 1. The maximum atomic E-state index is 12.5. The van der Waals surface area contributed by atoms with Crippen molar-refractivity contribution in [1.29, 1.82) is 0 Å². The summed E-state index contributed by atoms with van der Waals surface area (Å²) in [7, 11) is 0. The summed E-state index contributed by atoms with van der Waals surface area (Å²) in [6.45, 7) is 9.74. The predicted molar refractivity (Wildman–Crippen MR) is 90.6 cm³/mol. The first-order valence-corrected chi connectivity index (χ1v) is 9.17. The van der Waals surface area contributed by atoms with Crippen LogP contribution in [0.1, 0.15) is 26.7 Å². The van der Waals surface area contributed by atoms with Gasteiger partial charge in [-0.05, 0) is 26.7 Å². The predicted octanol–water partition coefficient (Wildman–Crippen LogP) is -0.482. The van der Waals surface area contributed by atoms with E-state index < -0.39 is 0 Å². The normalized spacial score (nSPS) is 29.5. The fraction of sp³-hybridized carbons (Fsp3) is 0.882. The summed E-state index contributed by atoms with van der Waals surface area (Å²) in [6.07, 6.45) is 2.47. The summed E-state index contributed by atoms with van der Waals surface area (Å²) < 4.78 is 5.69. The van der Waals surface area contributed by atoms with Crippen molar-refractivity contribution in [3.63, 3.8) is 0 Å². The number of rotatable bonds is 5. The molecule has 0 aromatic heterocycles. The Hall–Kier alpha value is -1.18. The van der Waals surface area contributed by atoms with Crippen LogP contribution in [0.2, 0.25) is 0 Å². The van der Waals surface area contributed by atoms with Gasteiger partial charge < -0.3 is 15.0 Å². The summed E-state index contributed by atoms with van der Waals surface area (Å²) in [6, 6.07) is 0.426. The molecule has 1 aliphatic carbocycles. The summed E-state index contributed by atoms with van der Waals surface area (Å²) in [4.78, 5) is 30.6. The van der Waals surface area contributed by atoms with Gasteiger partial charge in [0.2, 0.25) is 11.8 Å². The lowest BCUT2D eigenvalue weighted by Gasteiger charge is -2.38. The van der Waals surface area contributed by atoms with E-state index in [1.807, 2.05) is 18.7 Å². The van der Waals surface area contributed by atoms with E-state index in [2.05, 4.69) is 15.1 Å². The molecule has 2 saturated heterocycles. The maximum absolute atomic E-state index is 12.5. The van der Waals surface area contributed by atoms with E-state index in [-0.39, 0.29) is 24.0 Å². The highest BCUT2D eigenvalue weighted by Crippen LogP contribution is 2.18. The molecule has 7 nitrogen and oxygen atoms in total. The molecule has 136 valence electrons. The second-order valence-electron chi connectivity index (χ2n) is 7.45. The number of morpholine rings is 1. The zero-order valence-corrected chi connectivity index (χ0v) is 14.9. The fourth-order valence-electron chi connectivity index (χ4n) is 3.48. The monoisotopic (exact) mass is 338 g/mol. The highest BCUT2D eigenvalue weighted by molar-refractivity contribution is 5.79. The van der Waals surface area contributed by atoms with Crippen LogP contribution in [0.4, 0.5) is 0 Å². The number of carbonyl (C=O) groups is 2. The summed E-state index contributed by atoms with van der Waals surface area (Å²) in [5.41, 5.74) is 0. The standard InChI is InChI=1S/C17H30N4O3/c1-13-9-21(10-14(2)24-13)17(23)12-20-7-5-19(6-8-20)11-16(22)18-15-3-4-15/h13-15H,3-12H2,1-2H3,(H,18,22). The molecule has 0 aromatic rings. The second-order valence-corrected chi connectivity index (χ2v) is 7.45. The topological polar surface area (TPSA) is 65.1 Å². The van der Waals surface area contributed by atoms with E-state index in [4.69, 9.17) is 4.74 Å². The Morgan fingerprint density at radius 3 is 2.04 bits per heavy atom. The Morgan fingerprint density at radius 1 is 0.958 bits per heavy atom. The quantitative estimate of drug-likeness (QED) is 0.733. The number of nitrogens with zero attached hydrogens (tertiary/aromatic N) is 3. The van der Waals surface area contributed by atoms with Gasteiger partial charge in [0.1, 0.15) is 0 Å². The van der Waals surface area contributed by atoms with Crippen LogP contribution < -0.4 is 5.32 Å². The maximum Gasteiger partial charge on any atom is 0.236 e. The summed E-state index contributed by atoms with van der Waals surface area (Å²) in [5.74, 6) is 0.329. The van der Waals surface area contributed by atoms with Gasteiger partial charge in [0.15, 0.2) is 0 Å². The number of hydrogen-bond donors (Lipinski definition) is 1. The van der Waals surface area contributed by atoms with Crippen molar-refractivity contribution in [2.45, 2.75) is 44.9 Å². The van der Waals surface area contributed by atoms with Crippen molar-refractivity contribution in [3.8, 4) is 0 Å². The molecule has 2 atom stereocenters. The molecule has 0 spiro atoms. The molecule has 2 amide bonds. The molecule has 2 heterocycles. The van der Waals surface area contributed by atoms with Gasteiger partial charge in [-0.1, -0.05) is 0 Å². The van der Waals surface area contributed by atoms with Gasteiger partial charge in [-0.3, -0.25) is 19.4 Å². The zero-order valence-electron chi connectivity index (χ0n) is 14.9. The molecule has 0 radical (unpaired) electrons. The molecule has 0 aromatic carbocycles. The zero-order chi connectivity index (χ0) is 17.1. The third kappa shape index (κ3) is 5.16. The Morgan fingerprint density at radius 2 is 1.50 bits per heavy atom. The molecule has 7 heteroatoms. The van der Waals surface area contributed by atoms with Gasteiger partial charge >= 0.3 is 0 Å². The van der Waals surface area contributed by atoms with Crippen molar-refractivity contribution < 1.29 is 14.3 Å². The van der Waals surface area contributed by atoms with Gasteiger partial charge in [0.05, 0.1) is 25.3 Å². The molecule has 3 rings (SSSR count). The molecule has 3 fully saturated rings. The summed E-state index contributed by atoms with van der Waals surface area (Å²) in [5, 5.41) is 3.03.